The Morgan fingerprint density at radius 3 is 2.17 bits per heavy atom. The summed E-state index contributed by atoms with van der Waals surface area (Å²) in [6.45, 7) is 3.90. The Labute approximate surface area is 86.6 Å². The van der Waals surface area contributed by atoms with Crippen LogP contribution in [0.5, 0.6) is 0 Å². The number of hydrogen-bond donors (Lipinski definition) is 0. The maximum absolute atomic E-state index is 14.1. The fourth-order valence-corrected chi connectivity index (χ4v) is 3.38. The van der Waals surface area contributed by atoms with Gasteiger partial charge in [-0.3, -0.25) is 4.11 Å². The van der Waals surface area contributed by atoms with E-state index in [-0.39, 0.29) is 5.54 Å². The van der Waals surface area contributed by atoms with Gasteiger partial charge >= 0.3 is 5.90 Å². The van der Waals surface area contributed by atoms with Gasteiger partial charge in [0.25, 0.3) is 0 Å². The van der Waals surface area contributed by atoms with Gasteiger partial charge in [-0.1, -0.05) is 66.0 Å². The fraction of sp³-hybridized carbons (Fsp3) is 0.333. The molecule has 0 spiro atoms. The van der Waals surface area contributed by atoms with Crippen LogP contribution >= 0.6 is 21.8 Å². The molecule has 0 aromatic heterocycles. The molecule has 0 heterocycles. The predicted octanol–water partition coefficient (Wildman–Crippen LogP) is 3.15. The lowest BCUT2D eigenvalue weighted by atomic mass is 10.4. The molecule has 0 N–H and O–H groups in total. The van der Waals surface area contributed by atoms with Gasteiger partial charge in [0, 0.05) is 0 Å². The van der Waals surface area contributed by atoms with Gasteiger partial charge in [0.1, 0.15) is 0 Å². The monoisotopic (exact) mass is 294 g/mol. The minimum absolute atomic E-state index is 0.139. The molecule has 0 aliphatic carbocycles. The molecule has 66 valence electrons. The third kappa shape index (κ3) is 2.07. The van der Waals surface area contributed by atoms with Crippen LogP contribution < -0.4 is 5.19 Å². The second kappa shape index (κ2) is 3.87. The lowest BCUT2D eigenvalue weighted by Gasteiger charge is -2.19. The van der Waals surface area contributed by atoms with Crippen molar-refractivity contribution in [3.8, 4) is 0 Å². The van der Waals surface area contributed by atoms with E-state index >= 15 is 0 Å². The Morgan fingerprint density at radius 1 is 1.25 bits per heavy atom. The zero-order valence-corrected chi connectivity index (χ0v) is 10.4. The molecule has 0 fully saturated rings. The number of halogens is 2. The van der Waals surface area contributed by atoms with Crippen LogP contribution in [0.4, 0.5) is 4.11 Å². The number of benzene rings is 1. The van der Waals surface area contributed by atoms with Gasteiger partial charge in [0.05, 0.1) is 0 Å². The first-order chi connectivity index (χ1) is 5.55. The number of hydrogen-bond acceptors (Lipinski definition) is 0. The SMILES string of the molecule is CC(C)[Si](F)(I)c1ccccc1. The minimum Gasteiger partial charge on any atom is -0.294 e. The topological polar surface area (TPSA) is 0 Å². The van der Waals surface area contributed by atoms with E-state index in [1.54, 1.807) is 0 Å². The first kappa shape index (κ1) is 10.2. The summed E-state index contributed by atoms with van der Waals surface area (Å²) in [4.78, 5) is 0. The Kier molecular flexibility index (Phi) is 3.28. The molecule has 1 rings (SSSR count). The van der Waals surface area contributed by atoms with Crippen molar-refractivity contribution < 1.29 is 4.11 Å². The third-order valence-electron chi connectivity index (χ3n) is 1.88. The highest BCUT2D eigenvalue weighted by atomic mass is 127. The largest absolute Gasteiger partial charge is 0.343 e. The fourth-order valence-electron chi connectivity index (χ4n) is 0.994. The van der Waals surface area contributed by atoms with Crippen molar-refractivity contribution >= 4 is 32.9 Å². The lowest BCUT2D eigenvalue weighted by Crippen LogP contribution is -2.39. The van der Waals surface area contributed by atoms with Gasteiger partial charge in [0.15, 0.2) is 0 Å². The Bertz CT molecular complexity index is 246. The van der Waals surface area contributed by atoms with Crippen molar-refractivity contribution in [3.63, 3.8) is 0 Å². The van der Waals surface area contributed by atoms with Crippen LogP contribution in [0.1, 0.15) is 13.8 Å². The van der Waals surface area contributed by atoms with Crippen molar-refractivity contribution in [1.82, 2.24) is 0 Å². The predicted molar refractivity (Wildman–Crippen MR) is 62.1 cm³/mol. The minimum atomic E-state index is -2.69. The van der Waals surface area contributed by atoms with Gasteiger partial charge in [-0.25, -0.2) is 0 Å². The maximum Gasteiger partial charge on any atom is 0.343 e. The van der Waals surface area contributed by atoms with Crippen molar-refractivity contribution in [2.75, 3.05) is 0 Å². The van der Waals surface area contributed by atoms with Crippen LogP contribution in [0, 0.1) is 0 Å². The third-order valence-corrected chi connectivity index (χ3v) is 10.0. The first-order valence-electron chi connectivity index (χ1n) is 3.98. The molecule has 1 atom stereocenters. The Balaban J connectivity index is 2.98. The van der Waals surface area contributed by atoms with E-state index in [1.807, 2.05) is 66.0 Å². The molecular formula is C9H12FISi. The molecule has 0 saturated heterocycles. The van der Waals surface area contributed by atoms with E-state index in [2.05, 4.69) is 0 Å². The quantitative estimate of drug-likeness (QED) is 0.446. The van der Waals surface area contributed by atoms with E-state index in [1.165, 1.54) is 0 Å². The van der Waals surface area contributed by atoms with Crippen molar-refractivity contribution in [3.05, 3.63) is 30.3 Å². The van der Waals surface area contributed by atoms with Crippen LogP contribution in [0.15, 0.2) is 30.3 Å². The molecule has 12 heavy (non-hydrogen) atoms. The van der Waals surface area contributed by atoms with Crippen LogP contribution in [-0.4, -0.2) is 5.90 Å². The standard InChI is InChI=1S/C9H12FISi/c1-8(2)12(10,11)9-6-4-3-5-7-9/h3-8H,1-2H3. The van der Waals surface area contributed by atoms with Crippen LogP contribution in [0.3, 0.4) is 0 Å². The molecule has 0 aliphatic rings. The van der Waals surface area contributed by atoms with E-state index in [4.69, 9.17) is 0 Å². The molecule has 0 saturated carbocycles. The molecule has 1 aromatic carbocycles. The van der Waals surface area contributed by atoms with Gasteiger partial charge in [-0.2, -0.15) is 0 Å². The first-order valence-corrected chi connectivity index (χ1v) is 9.05. The Morgan fingerprint density at radius 2 is 1.75 bits per heavy atom. The molecule has 1 aromatic rings. The molecular weight excluding hydrogens is 282 g/mol. The van der Waals surface area contributed by atoms with Gasteiger partial charge in [0.2, 0.25) is 0 Å². The highest BCUT2D eigenvalue weighted by Crippen LogP contribution is 2.28. The van der Waals surface area contributed by atoms with Crippen molar-refractivity contribution in [2.45, 2.75) is 19.4 Å². The highest BCUT2D eigenvalue weighted by molar-refractivity contribution is 14.1. The summed E-state index contributed by atoms with van der Waals surface area (Å²) in [5.41, 5.74) is 0.139. The van der Waals surface area contributed by atoms with E-state index in [9.17, 15) is 4.11 Å². The van der Waals surface area contributed by atoms with Crippen LogP contribution in [0.2, 0.25) is 5.54 Å². The van der Waals surface area contributed by atoms with Gasteiger partial charge < -0.3 is 0 Å². The zero-order chi connectivity index (χ0) is 9.19. The van der Waals surface area contributed by atoms with Crippen LogP contribution in [0.25, 0.3) is 0 Å². The summed E-state index contributed by atoms with van der Waals surface area (Å²) in [7, 11) is 0. The summed E-state index contributed by atoms with van der Waals surface area (Å²) in [6.07, 6.45) is 0. The van der Waals surface area contributed by atoms with Crippen molar-refractivity contribution in [2.24, 2.45) is 0 Å². The van der Waals surface area contributed by atoms with E-state index in [0.29, 0.717) is 0 Å². The summed E-state index contributed by atoms with van der Waals surface area (Å²) >= 11 is 2.00. The molecule has 1 unspecified atom stereocenters. The molecule has 0 radical (unpaired) electrons. The summed E-state index contributed by atoms with van der Waals surface area (Å²) in [5, 5.41) is 0.889. The second-order valence-corrected chi connectivity index (χ2v) is 10.8. The highest BCUT2D eigenvalue weighted by Gasteiger charge is 2.36. The molecule has 0 bridgehead atoms. The normalized spacial score (nSPS) is 16.1. The van der Waals surface area contributed by atoms with Gasteiger partial charge in [-0.15, -0.1) is 0 Å². The summed E-state index contributed by atoms with van der Waals surface area (Å²) < 4.78 is 14.1. The molecule has 3 heteroatoms. The maximum atomic E-state index is 14.1. The number of rotatable bonds is 2. The Hall–Kier alpha value is 0.0969. The average Bonchev–Trinajstić information content (AvgIpc) is 2.06. The van der Waals surface area contributed by atoms with Crippen LogP contribution in [-0.2, 0) is 0 Å². The molecule has 0 aliphatic heterocycles. The molecule has 0 nitrogen and oxygen atoms in total. The van der Waals surface area contributed by atoms with E-state index < -0.39 is 5.90 Å². The molecule has 0 amide bonds. The second-order valence-electron chi connectivity index (χ2n) is 3.14. The van der Waals surface area contributed by atoms with E-state index in [0.717, 1.165) is 5.19 Å². The lowest BCUT2D eigenvalue weighted by molar-refractivity contribution is 0.791. The van der Waals surface area contributed by atoms with Gasteiger partial charge in [-0.05, 0) is 10.7 Å². The smallest absolute Gasteiger partial charge is 0.294 e. The summed E-state index contributed by atoms with van der Waals surface area (Å²) in [5.74, 6) is -2.69. The van der Waals surface area contributed by atoms with Crippen molar-refractivity contribution in [1.29, 1.82) is 0 Å². The zero-order valence-electron chi connectivity index (χ0n) is 7.22. The summed E-state index contributed by atoms with van der Waals surface area (Å²) in [6, 6.07) is 9.50. The average molecular weight is 294 g/mol.